The van der Waals surface area contributed by atoms with Gasteiger partial charge in [0.05, 0.1) is 11.2 Å². The molecule has 1 fully saturated rings. The number of benzene rings is 2. The zero-order chi connectivity index (χ0) is 18.1. The molecular formula is C22H25BO2. The first-order valence-electron chi connectivity index (χ1n) is 8.81. The molecule has 1 unspecified atom stereocenters. The van der Waals surface area contributed by atoms with Crippen LogP contribution in [0.15, 0.2) is 54.6 Å². The Hall–Kier alpha value is -2.02. The maximum Gasteiger partial charge on any atom is 0.494 e. The highest BCUT2D eigenvalue weighted by atomic mass is 16.7. The molecule has 0 spiro atoms. The smallest absolute Gasteiger partial charge is 0.399 e. The average Bonchev–Trinajstić information content (AvgIpc) is 2.81. The van der Waals surface area contributed by atoms with Gasteiger partial charge in [-0.2, -0.15) is 0 Å². The lowest BCUT2D eigenvalue weighted by molar-refractivity contribution is 0.00578. The van der Waals surface area contributed by atoms with Crippen LogP contribution in [0.25, 0.3) is 0 Å². The molecule has 2 aromatic rings. The number of rotatable bonds is 2. The highest BCUT2D eigenvalue weighted by Crippen LogP contribution is 2.36. The molecule has 1 atom stereocenters. The van der Waals surface area contributed by atoms with E-state index in [1.807, 2.05) is 30.3 Å². The molecule has 3 rings (SSSR count). The second-order valence-electron chi connectivity index (χ2n) is 7.61. The standard InChI is InChI=1S/C22H25BO2/c1-17(11-12-18-9-7-6-8-10-18)19-13-15-20(16-14-19)23-24-21(2,3)22(4,5)25-23/h6-10,13-17H,1-5H3. The van der Waals surface area contributed by atoms with Gasteiger partial charge in [0.1, 0.15) is 0 Å². The molecule has 25 heavy (non-hydrogen) atoms. The second-order valence-corrected chi connectivity index (χ2v) is 7.61. The van der Waals surface area contributed by atoms with E-state index in [0.717, 1.165) is 11.0 Å². The van der Waals surface area contributed by atoms with E-state index in [1.165, 1.54) is 5.56 Å². The lowest BCUT2D eigenvalue weighted by Gasteiger charge is -2.32. The first-order chi connectivity index (χ1) is 11.8. The lowest BCUT2D eigenvalue weighted by Crippen LogP contribution is -2.41. The first-order valence-corrected chi connectivity index (χ1v) is 8.81. The van der Waals surface area contributed by atoms with Crippen LogP contribution in [0.4, 0.5) is 0 Å². The zero-order valence-corrected chi connectivity index (χ0v) is 15.7. The summed E-state index contributed by atoms with van der Waals surface area (Å²) in [4.78, 5) is 0. The quantitative estimate of drug-likeness (QED) is 0.608. The van der Waals surface area contributed by atoms with Crippen molar-refractivity contribution in [2.24, 2.45) is 0 Å². The average molecular weight is 332 g/mol. The molecule has 3 heteroatoms. The van der Waals surface area contributed by atoms with Gasteiger partial charge in [0.15, 0.2) is 0 Å². The first kappa shape index (κ1) is 17.8. The van der Waals surface area contributed by atoms with Crippen molar-refractivity contribution in [2.45, 2.75) is 51.7 Å². The molecule has 1 aliphatic rings. The van der Waals surface area contributed by atoms with Gasteiger partial charge in [-0.3, -0.25) is 0 Å². The van der Waals surface area contributed by atoms with Gasteiger partial charge in [-0.1, -0.05) is 54.3 Å². The predicted octanol–water partition coefficient (Wildman–Crippen LogP) is 4.14. The molecule has 1 saturated heterocycles. The van der Waals surface area contributed by atoms with E-state index in [9.17, 15) is 0 Å². The van der Waals surface area contributed by atoms with Crippen LogP contribution in [-0.4, -0.2) is 18.3 Å². The largest absolute Gasteiger partial charge is 0.494 e. The molecule has 0 saturated carbocycles. The summed E-state index contributed by atoms with van der Waals surface area (Å²) in [6, 6.07) is 18.5. The highest BCUT2D eigenvalue weighted by molar-refractivity contribution is 6.62. The summed E-state index contributed by atoms with van der Waals surface area (Å²) in [6.07, 6.45) is 0. The summed E-state index contributed by atoms with van der Waals surface area (Å²) >= 11 is 0. The summed E-state index contributed by atoms with van der Waals surface area (Å²) in [6.45, 7) is 10.4. The number of hydrogen-bond acceptors (Lipinski definition) is 2. The van der Waals surface area contributed by atoms with Gasteiger partial charge < -0.3 is 9.31 Å². The molecule has 0 bridgehead atoms. The van der Waals surface area contributed by atoms with Gasteiger partial charge in [0.25, 0.3) is 0 Å². The molecule has 128 valence electrons. The van der Waals surface area contributed by atoms with Crippen LogP contribution in [0.2, 0.25) is 0 Å². The van der Waals surface area contributed by atoms with Gasteiger partial charge in [-0.15, -0.1) is 0 Å². The van der Waals surface area contributed by atoms with Crippen LogP contribution in [-0.2, 0) is 9.31 Å². The molecule has 0 aliphatic carbocycles. The molecule has 1 heterocycles. The van der Waals surface area contributed by atoms with Crippen LogP contribution in [0, 0.1) is 11.8 Å². The van der Waals surface area contributed by atoms with E-state index >= 15 is 0 Å². The minimum absolute atomic E-state index is 0.174. The van der Waals surface area contributed by atoms with Gasteiger partial charge in [0.2, 0.25) is 0 Å². The summed E-state index contributed by atoms with van der Waals surface area (Å²) in [5.74, 6) is 6.73. The molecule has 0 aromatic heterocycles. The van der Waals surface area contributed by atoms with Crippen molar-refractivity contribution in [3.63, 3.8) is 0 Å². The molecule has 1 aliphatic heterocycles. The van der Waals surface area contributed by atoms with E-state index in [2.05, 4.69) is 70.7 Å². The maximum absolute atomic E-state index is 6.11. The third kappa shape index (κ3) is 3.81. The molecule has 0 amide bonds. The Morgan fingerprint density at radius 3 is 1.96 bits per heavy atom. The third-order valence-electron chi connectivity index (χ3n) is 5.17. The van der Waals surface area contributed by atoms with Gasteiger partial charge >= 0.3 is 7.12 Å². The fourth-order valence-electron chi connectivity index (χ4n) is 2.72. The second kappa shape index (κ2) is 6.71. The zero-order valence-electron chi connectivity index (χ0n) is 15.7. The molecule has 0 radical (unpaired) electrons. The third-order valence-corrected chi connectivity index (χ3v) is 5.17. The van der Waals surface area contributed by atoms with Gasteiger partial charge in [-0.05, 0) is 57.8 Å². The van der Waals surface area contributed by atoms with Crippen molar-refractivity contribution in [3.8, 4) is 11.8 Å². The minimum atomic E-state index is -0.315. The summed E-state index contributed by atoms with van der Waals surface area (Å²) < 4.78 is 12.2. The lowest BCUT2D eigenvalue weighted by atomic mass is 9.78. The fraction of sp³-hybridized carbons (Fsp3) is 0.364. The van der Waals surface area contributed by atoms with Crippen LogP contribution in [0.3, 0.4) is 0 Å². The highest BCUT2D eigenvalue weighted by Gasteiger charge is 2.51. The molecule has 2 nitrogen and oxygen atoms in total. The molecular weight excluding hydrogens is 307 g/mol. The normalized spacial score (nSPS) is 19.2. The van der Waals surface area contributed by atoms with E-state index in [4.69, 9.17) is 9.31 Å². The summed E-state index contributed by atoms with van der Waals surface area (Å²) in [5, 5.41) is 0. The van der Waals surface area contributed by atoms with Crippen LogP contribution in [0.1, 0.15) is 51.7 Å². The SMILES string of the molecule is CC(C#Cc1ccccc1)c1ccc(B2OC(C)(C)C(C)(C)O2)cc1. The van der Waals surface area contributed by atoms with Crippen molar-refractivity contribution < 1.29 is 9.31 Å². The summed E-state index contributed by atoms with van der Waals surface area (Å²) in [5.41, 5.74) is 2.66. The van der Waals surface area contributed by atoms with E-state index in [0.29, 0.717) is 0 Å². The van der Waals surface area contributed by atoms with Crippen molar-refractivity contribution in [1.82, 2.24) is 0 Å². The van der Waals surface area contributed by atoms with Gasteiger partial charge in [-0.25, -0.2) is 0 Å². The molecule has 0 N–H and O–H groups in total. The predicted molar refractivity (Wildman–Crippen MR) is 104 cm³/mol. The fourth-order valence-corrected chi connectivity index (χ4v) is 2.72. The summed E-state index contributed by atoms with van der Waals surface area (Å²) in [7, 11) is -0.315. The van der Waals surface area contributed by atoms with Crippen molar-refractivity contribution in [2.75, 3.05) is 0 Å². The van der Waals surface area contributed by atoms with E-state index in [1.54, 1.807) is 0 Å². The Morgan fingerprint density at radius 2 is 1.40 bits per heavy atom. The Balaban J connectivity index is 1.72. The minimum Gasteiger partial charge on any atom is -0.399 e. The van der Waals surface area contributed by atoms with Crippen LogP contribution >= 0.6 is 0 Å². The van der Waals surface area contributed by atoms with E-state index < -0.39 is 0 Å². The Bertz CT molecular complexity index is 766. The number of hydrogen-bond donors (Lipinski definition) is 0. The van der Waals surface area contributed by atoms with Crippen molar-refractivity contribution >= 4 is 12.6 Å². The Morgan fingerprint density at radius 1 is 0.840 bits per heavy atom. The molecule has 2 aromatic carbocycles. The van der Waals surface area contributed by atoms with Crippen LogP contribution < -0.4 is 5.46 Å². The monoisotopic (exact) mass is 332 g/mol. The maximum atomic E-state index is 6.11. The topological polar surface area (TPSA) is 18.5 Å². The van der Waals surface area contributed by atoms with Crippen molar-refractivity contribution in [3.05, 3.63) is 65.7 Å². The van der Waals surface area contributed by atoms with Gasteiger partial charge in [0, 0.05) is 11.5 Å². The van der Waals surface area contributed by atoms with Crippen molar-refractivity contribution in [1.29, 1.82) is 0 Å². The Labute approximate surface area is 151 Å². The Kier molecular flexibility index (Phi) is 4.78. The van der Waals surface area contributed by atoms with Crippen LogP contribution in [0.5, 0.6) is 0 Å². The van der Waals surface area contributed by atoms with E-state index in [-0.39, 0.29) is 24.2 Å².